The van der Waals surface area contributed by atoms with E-state index in [1.165, 1.54) is 4.90 Å². The highest BCUT2D eigenvalue weighted by atomic mass is 16.5. The SMILES string of the molecule is COc1ccc(NC(=O)[C@H](C)N2C(=O)[C@@H]3[C@@H]4C=C[C@H]([C@H]5C[C@H]45)[C@@H]3C2=O)cc1. The maximum Gasteiger partial charge on any atom is 0.247 e. The van der Waals surface area contributed by atoms with Crippen LogP contribution >= 0.6 is 0 Å². The third-order valence-corrected chi connectivity index (χ3v) is 6.82. The summed E-state index contributed by atoms with van der Waals surface area (Å²) in [6.45, 7) is 1.63. The van der Waals surface area contributed by atoms with Crippen LogP contribution in [-0.2, 0) is 14.4 Å². The maximum atomic E-state index is 13.1. The summed E-state index contributed by atoms with van der Waals surface area (Å²) in [4.78, 5) is 40.0. The summed E-state index contributed by atoms with van der Waals surface area (Å²) in [5.41, 5.74) is 0.604. The molecule has 1 saturated heterocycles. The summed E-state index contributed by atoms with van der Waals surface area (Å²) >= 11 is 0. The summed E-state index contributed by atoms with van der Waals surface area (Å²) in [5.74, 6) is 0.899. The molecule has 3 fully saturated rings. The third-order valence-electron chi connectivity index (χ3n) is 6.82. The second-order valence-electron chi connectivity index (χ2n) is 8.09. The third kappa shape index (κ3) is 2.28. The number of amides is 3. The van der Waals surface area contributed by atoms with E-state index in [1.807, 2.05) is 0 Å². The van der Waals surface area contributed by atoms with Crippen LogP contribution < -0.4 is 10.1 Å². The Hall–Kier alpha value is -2.63. The molecule has 0 aromatic heterocycles. The fourth-order valence-corrected chi connectivity index (χ4v) is 5.40. The second-order valence-corrected chi connectivity index (χ2v) is 8.09. The number of likely N-dealkylation sites (tertiary alicyclic amines) is 1. The summed E-state index contributed by atoms with van der Waals surface area (Å²) in [6.07, 6.45) is 5.40. The monoisotopic (exact) mass is 366 g/mol. The van der Waals surface area contributed by atoms with Crippen LogP contribution in [0.2, 0.25) is 0 Å². The van der Waals surface area contributed by atoms with Crippen LogP contribution in [0.1, 0.15) is 13.3 Å². The number of hydrogen-bond acceptors (Lipinski definition) is 4. The lowest BCUT2D eigenvalue weighted by Gasteiger charge is -2.37. The van der Waals surface area contributed by atoms with Gasteiger partial charge in [-0.1, -0.05) is 12.2 Å². The van der Waals surface area contributed by atoms with Crippen LogP contribution in [0.5, 0.6) is 5.75 Å². The Kier molecular flexibility index (Phi) is 3.48. The largest absolute Gasteiger partial charge is 0.497 e. The Morgan fingerprint density at radius 2 is 1.63 bits per heavy atom. The van der Waals surface area contributed by atoms with Gasteiger partial charge < -0.3 is 10.1 Å². The molecule has 6 nitrogen and oxygen atoms in total. The van der Waals surface area contributed by atoms with Gasteiger partial charge in [0.05, 0.1) is 18.9 Å². The molecule has 1 N–H and O–H groups in total. The van der Waals surface area contributed by atoms with E-state index in [-0.39, 0.29) is 41.4 Å². The van der Waals surface area contributed by atoms with Crippen molar-refractivity contribution in [3.05, 3.63) is 36.4 Å². The van der Waals surface area contributed by atoms with Crippen LogP contribution in [-0.4, -0.2) is 35.8 Å². The van der Waals surface area contributed by atoms with E-state index in [0.717, 1.165) is 6.42 Å². The van der Waals surface area contributed by atoms with Crippen molar-refractivity contribution in [1.29, 1.82) is 0 Å². The highest BCUT2D eigenvalue weighted by Gasteiger charge is 2.67. The van der Waals surface area contributed by atoms with Crippen molar-refractivity contribution < 1.29 is 19.1 Å². The quantitative estimate of drug-likeness (QED) is 0.654. The summed E-state index contributed by atoms with van der Waals surface area (Å²) in [6, 6.07) is 6.13. The maximum absolute atomic E-state index is 13.1. The van der Waals surface area contributed by atoms with Gasteiger partial charge in [0, 0.05) is 5.69 Å². The Labute approximate surface area is 157 Å². The first-order valence-electron chi connectivity index (χ1n) is 9.51. The Bertz CT molecular complexity index is 825. The lowest BCUT2D eigenvalue weighted by Crippen LogP contribution is -2.46. The summed E-state index contributed by atoms with van der Waals surface area (Å²) in [5, 5.41) is 2.79. The molecule has 27 heavy (non-hydrogen) atoms. The molecule has 3 amide bonds. The fraction of sp³-hybridized carbons (Fsp3) is 0.476. The van der Waals surface area contributed by atoms with Gasteiger partial charge in [0.25, 0.3) is 0 Å². The topological polar surface area (TPSA) is 75.7 Å². The number of hydrogen-bond donors (Lipinski definition) is 1. The van der Waals surface area contributed by atoms with Crippen LogP contribution in [0.3, 0.4) is 0 Å². The summed E-state index contributed by atoms with van der Waals surface area (Å²) in [7, 11) is 1.58. The van der Waals surface area contributed by atoms with Crippen LogP contribution in [0.25, 0.3) is 0 Å². The molecular formula is C21H22N2O4. The molecule has 4 aliphatic carbocycles. The average molecular weight is 366 g/mol. The second kappa shape index (κ2) is 5.68. The van der Waals surface area contributed by atoms with Gasteiger partial charge in [0.2, 0.25) is 17.7 Å². The molecule has 6 rings (SSSR count). The van der Waals surface area contributed by atoms with Crippen molar-refractivity contribution in [2.24, 2.45) is 35.5 Å². The van der Waals surface area contributed by atoms with Gasteiger partial charge in [-0.2, -0.15) is 0 Å². The lowest BCUT2D eigenvalue weighted by molar-refractivity contribution is -0.146. The highest BCUT2D eigenvalue weighted by Crippen LogP contribution is 2.65. The first kappa shape index (κ1) is 16.5. The van der Waals surface area contributed by atoms with Crippen LogP contribution in [0.15, 0.2) is 36.4 Å². The van der Waals surface area contributed by atoms with E-state index in [1.54, 1.807) is 38.3 Å². The predicted octanol–water partition coefficient (Wildman–Crippen LogP) is 2.08. The zero-order valence-corrected chi connectivity index (χ0v) is 15.3. The minimum atomic E-state index is -0.826. The number of rotatable bonds is 4. The number of imide groups is 1. The first-order chi connectivity index (χ1) is 13.0. The van der Waals surface area contributed by atoms with Gasteiger partial charge in [0.15, 0.2) is 0 Å². The van der Waals surface area contributed by atoms with Gasteiger partial charge in [-0.3, -0.25) is 19.3 Å². The molecule has 5 aliphatic rings. The molecule has 0 spiro atoms. The Balaban J connectivity index is 1.34. The average Bonchev–Trinajstić information content (AvgIpc) is 3.46. The predicted molar refractivity (Wildman–Crippen MR) is 97.6 cm³/mol. The molecule has 1 aliphatic heterocycles. The molecule has 1 heterocycles. The van der Waals surface area contributed by atoms with Crippen LogP contribution in [0, 0.1) is 35.5 Å². The molecule has 1 aromatic rings. The first-order valence-corrected chi connectivity index (χ1v) is 9.51. The number of ether oxygens (including phenoxy) is 1. The van der Waals surface area contributed by atoms with Crippen LogP contribution in [0.4, 0.5) is 5.69 Å². The van der Waals surface area contributed by atoms with E-state index < -0.39 is 6.04 Å². The zero-order chi connectivity index (χ0) is 18.9. The van der Waals surface area contributed by atoms with Gasteiger partial charge in [-0.25, -0.2) is 0 Å². The van der Waals surface area contributed by atoms with E-state index in [0.29, 0.717) is 23.3 Å². The van der Waals surface area contributed by atoms with Crippen molar-refractivity contribution in [1.82, 2.24) is 4.90 Å². The number of carbonyl (C=O) groups excluding carboxylic acids is 3. The smallest absolute Gasteiger partial charge is 0.247 e. The number of allylic oxidation sites excluding steroid dienone is 2. The summed E-state index contributed by atoms with van der Waals surface area (Å²) < 4.78 is 5.11. The number of nitrogens with zero attached hydrogens (tertiary/aromatic N) is 1. The van der Waals surface area contributed by atoms with Crippen molar-refractivity contribution >= 4 is 23.4 Å². The Morgan fingerprint density at radius 3 is 2.15 bits per heavy atom. The molecular weight excluding hydrogens is 344 g/mol. The van der Waals surface area contributed by atoms with Gasteiger partial charge in [-0.15, -0.1) is 0 Å². The molecule has 1 aromatic carbocycles. The van der Waals surface area contributed by atoms with Gasteiger partial charge >= 0.3 is 0 Å². The molecule has 6 heteroatoms. The number of nitrogens with one attached hydrogen (secondary N) is 1. The molecule has 7 atom stereocenters. The minimum Gasteiger partial charge on any atom is -0.497 e. The van der Waals surface area contributed by atoms with Crippen molar-refractivity contribution in [2.45, 2.75) is 19.4 Å². The standard InChI is InChI=1S/C21H22N2O4/c1-10(19(24)22-11-3-5-12(27-2)6-4-11)23-20(25)17-13-7-8-14(16-9-15(13)16)18(17)21(23)26/h3-8,10,13-18H,9H2,1-2H3,(H,22,24)/t10-,13+,14+,15+,16+,17-,18+/m0/s1. The number of anilines is 1. The number of methoxy groups -OCH3 is 1. The molecule has 2 bridgehead atoms. The molecule has 140 valence electrons. The fourth-order valence-electron chi connectivity index (χ4n) is 5.40. The van der Waals surface area contributed by atoms with E-state index >= 15 is 0 Å². The van der Waals surface area contributed by atoms with E-state index in [9.17, 15) is 14.4 Å². The highest BCUT2D eigenvalue weighted by molar-refractivity contribution is 6.10. The van der Waals surface area contributed by atoms with E-state index in [2.05, 4.69) is 17.5 Å². The van der Waals surface area contributed by atoms with Gasteiger partial charge in [0.1, 0.15) is 11.8 Å². The molecule has 0 radical (unpaired) electrons. The van der Waals surface area contributed by atoms with E-state index in [4.69, 9.17) is 4.74 Å². The zero-order valence-electron chi connectivity index (χ0n) is 15.3. The van der Waals surface area contributed by atoms with Crippen molar-refractivity contribution in [2.75, 3.05) is 12.4 Å². The molecule has 2 saturated carbocycles. The normalized spacial score (nSPS) is 36.3. The minimum absolute atomic E-state index is 0.170. The Morgan fingerprint density at radius 1 is 1.07 bits per heavy atom. The van der Waals surface area contributed by atoms with Gasteiger partial charge in [-0.05, 0) is 61.3 Å². The number of benzene rings is 1. The van der Waals surface area contributed by atoms with Crippen molar-refractivity contribution in [3.8, 4) is 5.75 Å². The lowest BCUT2D eigenvalue weighted by atomic mass is 9.63. The van der Waals surface area contributed by atoms with Crippen molar-refractivity contribution in [3.63, 3.8) is 0 Å². The molecule has 0 unspecified atom stereocenters. The number of carbonyl (C=O) groups is 3.